The molecule has 9 rings (SSSR count). The fraction of sp³-hybridized carbons (Fsp3) is 0.467. The number of carbonyl (C=O) groups is 1. The standard InChI is InChI=1S/C45H52N4O5/c1-3-30-27-49-24-22-33(30)25-41(49)43(35-21-23-46-38-20-19-34(51-2)26-37(35)38)54-42(50)18-12-6-11-17-36(44-47-39(28-52-44)31-13-7-4-8-14-31)45-48-40(29-53-45)32-15-9-5-10-16-32/h4-5,7-10,13-16,19-21,23,26,30,33,36,39-41,43H,3,6,11-12,17-18,22,24-25,27-29H2,1-2H3/t30-,33-,39+,40+,41+,43-/m0/s1. The fourth-order valence-electron chi connectivity index (χ4n) is 9.03. The van der Waals surface area contributed by atoms with Crippen molar-refractivity contribution in [2.75, 3.05) is 33.4 Å². The maximum atomic E-state index is 13.8. The summed E-state index contributed by atoms with van der Waals surface area (Å²) in [6.07, 6.45) is 8.54. The summed E-state index contributed by atoms with van der Waals surface area (Å²) in [5.41, 5.74) is 4.17. The predicted molar refractivity (Wildman–Crippen MR) is 211 cm³/mol. The summed E-state index contributed by atoms with van der Waals surface area (Å²) >= 11 is 0. The summed E-state index contributed by atoms with van der Waals surface area (Å²) in [4.78, 5) is 31.0. The Hall–Kier alpha value is -4.76. The number of esters is 1. The highest BCUT2D eigenvalue weighted by molar-refractivity contribution is 6.01. The van der Waals surface area contributed by atoms with Crippen LogP contribution in [0.4, 0.5) is 0 Å². The number of carbonyl (C=O) groups excluding carboxylic acids is 1. The van der Waals surface area contributed by atoms with Gasteiger partial charge in [-0.3, -0.25) is 14.7 Å². The second-order valence-corrected chi connectivity index (χ2v) is 15.3. The van der Waals surface area contributed by atoms with Gasteiger partial charge in [-0.05, 0) is 79.5 Å². The van der Waals surface area contributed by atoms with E-state index in [0.717, 1.165) is 78.5 Å². The van der Waals surface area contributed by atoms with Crippen LogP contribution in [0.25, 0.3) is 10.9 Å². The van der Waals surface area contributed by atoms with Crippen LogP contribution < -0.4 is 4.74 Å². The second kappa shape index (κ2) is 16.7. The van der Waals surface area contributed by atoms with Crippen molar-refractivity contribution in [3.8, 4) is 5.75 Å². The number of ether oxygens (including phenoxy) is 4. The van der Waals surface area contributed by atoms with Crippen LogP contribution in [-0.4, -0.2) is 67.1 Å². The van der Waals surface area contributed by atoms with Crippen LogP contribution in [0.5, 0.6) is 5.75 Å². The molecule has 0 saturated carbocycles. The molecule has 5 aliphatic heterocycles. The highest BCUT2D eigenvalue weighted by atomic mass is 16.5. The zero-order chi connectivity index (χ0) is 36.9. The quantitative estimate of drug-likeness (QED) is 0.0892. The highest BCUT2D eigenvalue weighted by Gasteiger charge is 2.44. The van der Waals surface area contributed by atoms with Crippen molar-refractivity contribution in [1.82, 2.24) is 9.88 Å². The predicted octanol–water partition coefficient (Wildman–Crippen LogP) is 8.85. The molecule has 5 aliphatic rings. The molecule has 1 aromatic heterocycles. The molecule has 0 spiro atoms. The van der Waals surface area contributed by atoms with Crippen LogP contribution in [0, 0.1) is 17.8 Å². The van der Waals surface area contributed by atoms with Crippen molar-refractivity contribution in [3.63, 3.8) is 0 Å². The van der Waals surface area contributed by atoms with Gasteiger partial charge in [0.25, 0.3) is 0 Å². The number of aliphatic imine (C=N–C) groups is 2. The first-order chi connectivity index (χ1) is 26.6. The Morgan fingerprint density at radius 3 is 2.22 bits per heavy atom. The van der Waals surface area contributed by atoms with Crippen molar-refractivity contribution in [2.24, 2.45) is 27.7 Å². The molecule has 2 bridgehead atoms. The van der Waals surface area contributed by atoms with Crippen LogP contribution in [-0.2, 0) is 19.0 Å². The van der Waals surface area contributed by atoms with Crippen molar-refractivity contribution in [2.45, 2.75) is 82.5 Å². The maximum Gasteiger partial charge on any atom is 0.306 e. The SMILES string of the molecule is CC[C@H]1CN2CC[C@H]1C[C@@H]2[C@@H](OC(=O)CCCCCC(C1=N[C@@H](c2ccccc2)CO1)C1=N[C@@H](c2ccccc2)CO1)c1ccnc2ccc(OC)cc12. The van der Waals surface area contributed by atoms with Crippen molar-refractivity contribution in [3.05, 3.63) is 108 Å². The highest BCUT2D eigenvalue weighted by Crippen LogP contribution is 2.44. The van der Waals surface area contributed by atoms with Gasteiger partial charge in [0, 0.05) is 30.1 Å². The van der Waals surface area contributed by atoms with E-state index in [1.165, 1.54) is 12.8 Å². The maximum absolute atomic E-state index is 13.8. The van der Waals surface area contributed by atoms with E-state index in [1.54, 1.807) is 7.11 Å². The van der Waals surface area contributed by atoms with Gasteiger partial charge in [0.05, 0.1) is 18.7 Å². The number of hydrogen-bond acceptors (Lipinski definition) is 9. The minimum Gasteiger partial charge on any atom is -0.497 e. The number of hydrogen-bond donors (Lipinski definition) is 0. The minimum absolute atomic E-state index is 0.0412. The summed E-state index contributed by atoms with van der Waals surface area (Å²) in [6, 6.07) is 28.6. The lowest BCUT2D eigenvalue weighted by Crippen LogP contribution is -2.55. The third kappa shape index (κ3) is 7.88. The van der Waals surface area contributed by atoms with E-state index in [9.17, 15) is 4.79 Å². The summed E-state index contributed by atoms with van der Waals surface area (Å²) in [6.45, 7) is 5.44. The molecule has 6 heterocycles. The topological polar surface area (TPSA) is 94.8 Å². The molecule has 0 radical (unpaired) electrons. The lowest BCUT2D eigenvalue weighted by atomic mass is 9.72. The summed E-state index contributed by atoms with van der Waals surface area (Å²) < 4.78 is 24.6. The van der Waals surface area contributed by atoms with Crippen molar-refractivity contribution in [1.29, 1.82) is 0 Å². The van der Waals surface area contributed by atoms with E-state index in [4.69, 9.17) is 28.9 Å². The molecule has 9 heteroatoms. The Labute approximate surface area is 318 Å². The molecule has 3 fully saturated rings. The molecule has 0 N–H and O–H groups in total. The van der Waals surface area contributed by atoms with Gasteiger partial charge in [0.1, 0.15) is 43.1 Å². The molecular formula is C45H52N4O5. The average molecular weight is 729 g/mol. The van der Waals surface area contributed by atoms with E-state index >= 15 is 0 Å². The van der Waals surface area contributed by atoms with Crippen LogP contribution in [0.15, 0.2) is 101 Å². The number of nitrogens with zero attached hydrogens (tertiary/aromatic N) is 4. The van der Waals surface area contributed by atoms with E-state index in [-0.39, 0.29) is 36.1 Å². The Kier molecular flexibility index (Phi) is 11.2. The Morgan fingerprint density at radius 1 is 0.889 bits per heavy atom. The Morgan fingerprint density at radius 2 is 1.59 bits per heavy atom. The van der Waals surface area contributed by atoms with Gasteiger partial charge in [-0.15, -0.1) is 0 Å². The van der Waals surface area contributed by atoms with Crippen molar-refractivity contribution >= 4 is 28.7 Å². The molecule has 0 aliphatic carbocycles. The largest absolute Gasteiger partial charge is 0.497 e. The first-order valence-electron chi connectivity index (χ1n) is 19.9. The van der Waals surface area contributed by atoms with E-state index in [2.05, 4.69) is 41.1 Å². The third-order valence-electron chi connectivity index (χ3n) is 12.0. The summed E-state index contributed by atoms with van der Waals surface area (Å²) in [5, 5.41) is 0.980. The smallest absolute Gasteiger partial charge is 0.306 e. The number of rotatable bonds is 15. The number of pyridine rings is 1. The molecule has 3 aromatic carbocycles. The van der Waals surface area contributed by atoms with Crippen LogP contribution in [0.3, 0.4) is 0 Å². The monoisotopic (exact) mass is 728 g/mol. The lowest BCUT2D eigenvalue weighted by molar-refractivity contribution is -0.158. The van der Waals surface area contributed by atoms with Gasteiger partial charge < -0.3 is 18.9 Å². The second-order valence-electron chi connectivity index (χ2n) is 15.3. The lowest BCUT2D eigenvalue weighted by Gasteiger charge is -2.51. The molecule has 9 nitrogen and oxygen atoms in total. The number of benzene rings is 3. The van der Waals surface area contributed by atoms with Gasteiger partial charge in [0.15, 0.2) is 11.8 Å². The van der Waals surface area contributed by atoms with Crippen LogP contribution >= 0.6 is 0 Å². The Balaban J connectivity index is 0.941. The summed E-state index contributed by atoms with van der Waals surface area (Å²) in [7, 11) is 1.68. The number of piperidine rings is 3. The minimum atomic E-state index is -0.370. The van der Waals surface area contributed by atoms with E-state index in [1.807, 2.05) is 66.9 Å². The van der Waals surface area contributed by atoms with Crippen LogP contribution in [0.1, 0.15) is 93.2 Å². The number of unbranched alkanes of at least 4 members (excludes halogenated alkanes) is 2. The Bertz CT molecular complexity index is 1890. The third-order valence-corrected chi connectivity index (χ3v) is 12.0. The number of methoxy groups -OCH3 is 1. The van der Waals surface area contributed by atoms with Gasteiger partial charge in [-0.2, -0.15) is 0 Å². The number of aromatic nitrogens is 1. The molecular weight excluding hydrogens is 677 g/mol. The first kappa shape index (κ1) is 36.2. The van der Waals surface area contributed by atoms with Gasteiger partial charge in [-0.1, -0.05) is 86.8 Å². The average Bonchev–Trinajstić information content (AvgIpc) is 3.93. The number of fused-ring (bicyclic) bond motifs is 4. The molecule has 1 unspecified atom stereocenters. The molecule has 4 aromatic rings. The molecule has 54 heavy (non-hydrogen) atoms. The zero-order valence-electron chi connectivity index (χ0n) is 31.5. The van der Waals surface area contributed by atoms with Gasteiger partial charge >= 0.3 is 5.97 Å². The summed E-state index contributed by atoms with van der Waals surface area (Å²) in [5.74, 6) is 3.22. The molecule has 7 atom stereocenters. The first-order valence-corrected chi connectivity index (χ1v) is 19.9. The van der Waals surface area contributed by atoms with Gasteiger partial charge in [0.2, 0.25) is 0 Å². The normalized spacial score (nSPS) is 25.2. The van der Waals surface area contributed by atoms with E-state index < -0.39 is 0 Å². The zero-order valence-corrected chi connectivity index (χ0v) is 31.5. The van der Waals surface area contributed by atoms with E-state index in [0.29, 0.717) is 43.3 Å². The van der Waals surface area contributed by atoms with Crippen molar-refractivity contribution < 1.29 is 23.7 Å². The molecule has 282 valence electrons. The fourth-order valence-corrected chi connectivity index (χ4v) is 9.03. The molecule has 0 amide bonds. The van der Waals surface area contributed by atoms with Crippen LogP contribution in [0.2, 0.25) is 0 Å². The van der Waals surface area contributed by atoms with Gasteiger partial charge in [-0.25, -0.2) is 9.98 Å². The molecule has 3 saturated heterocycles.